The average Bonchev–Trinajstić information content (AvgIpc) is 3.66. The first-order valence-corrected chi connectivity index (χ1v) is 20.1. The molecule has 4 atom stereocenters. The van der Waals surface area contributed by atoms with Crippen molar-refractivity contribution in [1.29, 1.82) is 0 Å². The van der Waals surface area contributed by atoms with Crippen molar-refractivity contribution < 1.29 is 37.3 Å². The molecule has 2 saturated heterocycles. The van der Waals surface area contributed by atoms with Gasteiger partial charge in [-0.25, -0.2) is 0 Å². The number of carbonyl (C=O) groups excluding carboxylic acids is 2. The highest BCUT2D eigenvalue weighted by atomic mass is 19.4. The van der Waals surface area contributed by atoms with E-state index in [0.29, 0.717) is 17.7 Å². The van der Waals surface area contributed by atoms with Gasteiger partial charge in [0, 0.05) is 31.6 Å². The molecule has 0 aromatic heterocycles. The highest BCUT2D eigenvalue weighted by Crippen LogP contribution is 2.38. The number of nitrogens with zero attached hydrogens (tertiary/aromatic N) is 2. The molecule has 0 radical (unpaired) electrons. The van der Waals surface area contributed by atoms with E-state index >= 15 is 0 Å². The molecule has 0 saturated carbocycles. The third kappa shape index (κ3) is 14.0. The van der Waals surface area contributed by atoms with E-state index in [2.05, 4.69) is 24.1 Å². The second-order valence-corrected chi connectivity index (χ2v) is 14.8. The minimum atomic E-state index is -5.01. The van der Waals surface area contributed by atoms with Crippen LogP contribution in [0, 0.1) is 0 Å². The Morgan fingerprint density at radius 1 is 0.811 bits per heavy atom. The molecule has 11 heteroatoms. The summed E-state index contributed by atoms with van der Waals surface area (Å²) in [4.78, 5) is 27.9. The number of carbonyl (C=O) groups is 2. The molecule has 2 fully saturated rings. The van der Waals surface area contributed by atoms with E-state index in [9.17, 15) is 27.9 Å². The Labute approximate surface area is 314 Å². The van der Waals surface area contributed by atoms with Gasteiger partial charge in [0.2, 0.25) is 5.91 Å². The van der Waals surface area contributed by atoms with Gasteiger partial charge in [-0.2, -0.15) is 13.2 Å². The molecule has 0 spiro atoms. The fourth-order valence-corrected chi connectivity index (χ4v) is 7.39. The van der Waals surface area contributed by atoms with Gasteiger partial charge >= 0.3 is 12.1 Å². The number of aliphatic hydroxyl groups excluding tert-OH is 1. The number of alkyl halides is 3. The van der Waals surface area contributed by atoms with E-state index < -0.39 is 30.3 Å². The lowest BCUT2D eigenvalue weighted by Crippen LogP contribution is -2.50. The van der Waals surface area contributed by atoms with Crippen LogP contribution in [0.25, 0.3) is 0 Å². The molecule has 2 heterocycles. The van der Waals surface area contributed by atoms with Gasteiger partial charge in [0.05, 0.1) is 18.8 Å². The minimum absolute atomic E-state index is 0.0244. The van der Waals surface area contributed by atoms with Gasteiger partial charge in [0.1, 0.15) is 6.04 Å². The number of aliphatic hydroxyl groups is 1. The third-order valence-electron chi connectivity index (χ3n) is 10.5. The lowest BCUT2D eigenvalue weighted by Gasteiger charge is -2.38. The monoisotopic (exact) mass is 745 g/mol. The Hall–Kier alpha value is -2.99. The quantitative estimate of drug-likeness (QED) is 0.117. The number of rotatable bonds is 22. The lowest BCUT2D eigenvalue weighted by molar-refractivity contribution is -0.253. The van der Waals surface area contributed by atoms with E-state index in [-0.39, 0.29) is 38.3 Å². The van der Waals surface area contributed by atoms with Gasteiger partial charge < -0.3 is 29.7 Å². The summed E-state index contributed by atoms with van der Waals surface area (Å²) in [6.45, 7) is 7.40. The Bertz CT molecular complexity index is 1340. The van der Waals surface area contributed by atoms with E-state index in [1.165, 1.54) is 77.0 Å². The van der Waals surface area contributed by atoms with Crippen molar-refractivity contribution in [3.63, 3.8) is 0 Å². The van der Waals surface area contributed by atoms with Crippen LogP contribution in [-0.2, 0) is 32.2 Å². The Morgan fingerprint density at radius 2 is 1.38 bits per heavy atom. The van der Waals surface area contributed by atoms with Crippen molar-refractivity contribution in [2.45, 2.75) is 154 Å². The highest BCUT2D eigenvalue weighted by Gasteiger charge is 2.47. The molecule has 296 valence electrons. The number of likely N-dealkylation sites (tertiary alicyclic amines) is 1. The van der Waals surface area contributed by atoms with Crippen molar-refractivity contribution in [3.8, 4) is 0 Å². The molecule has 0 unspecified atom stereocenters. The van der Waals surface area contributed by atoms with E-state index in [1.54, 1.807) is 0 Å². The lowest BCUT2D eigenvalue weighted by atomic mass is 9.99. The normalized spacial score (nSPS) is 20.6. The number of benzene rings is 2. The van der Waals surface area contributed by atoms with Crippen molar-refractivity contribution in [1.82, 2.24) is 15.1 Å². The summed E-state index contributed by atoms with van der Waals surface area (Å²) in [6.07, 6.45) is 10.4. The van der Waals surface area contributed by atoms with Crippen LogP contribution in [0.1, 0.15) is 145 Å². The van der Waals surface area contributed by atoms with Crippen LogP contribution >= 0.6 is 0 Å². The summed E-state index contributed by atoms with van der Waals surface area (Å²) in [6, 6.07) is 14.3. The average molecular weight is 746 g/mol. The van der Waals surface area contributed by atoms with Gasteiger partial charge in [0.15, 0.2) is 6.29 Å². The number of amides is 2. The highest BCUT2D eigenvalue weighted by molar-refractivity contribution is 5.90. The van der Waals surface area contributed by atoms with Gasteiger partial charge in [0.25, 0.3) is 0 Å². The number of hydrogen-bond acceptors (Lipinski definition) is 6. The molecule has 53 heavy (non-hydrogen) atoms. The molecular formula is C42H62F3N3O5. The van der Waals surface area contributed by atoms with Crippen LogP contribution in [-0.4, -0.2) is 71.2 Å². The number of unbranched alkanes of at least 4 members (excludes halogenated alkanes) is 10. The number of ether oxygens (including phenoxy) is 2. The standard InChI is InChI=1S/C42H62F3N3O5/c1-3-5-7-9-11-13-25-47(26-14-12-10-8-6-4-2)30-36-28-38(34-21-19-33(31-49)20-22-34)53-40(52-36)35-23-17-32(18-24-35)29-46-39(50)37-16-15-27-48(37)41(51)42(43,44)45/h17-24,36-38,40,49H,3-16,25-31H2,1-2H3,(H,46,50)/t36-,37-,38+,40+/m0/s1. The summed E-state index contributed by atoms with van der Waals surface area (Å²) in [5.74, 6) is -2.56. The second-order valence-electron chi connectivity index (χ2n) is 14.8. The molecule has 2 aliphatic rings. The zero-order chi connectivity index (χ0) is 38.1. The maximum absolute atomic E-state index is 13.1. The molecule has 0 bridgehead atoms. The Balaban J connectivity index is 1.42. The number of hydrogen-bond donors (Lipinski definition) is 2. The van der Waals surface area contributed by atoms with Crippen molar-refractivity contribution in [2.75, 3.05) is 26.2 Å². The fourth-order valence-electron chi connectivity index (χ4n) is 7.39. The van der Waals surface area contributed by atoms with Crippen LogP contribution in [0.3, 0.4) is 0 Å². The number of halogens is 3. The van der Waals surface area contributed by atoms with E-state index in [1.807, 2.05) is 48.5 Å². The molecule has 2 aromatic rings. The predicted molar refractivity (Wildman–Crippen MR) is 201 cm³/mol. The third-order valence-corrected chi connectivity index (χ3v) is 10.5. The summed E-state index contributed by atoms with van der Waals surface area (Å²) >= 11 is 0. The predicted octanol–water partition coefficient (Wildman–Crippen LogP) is 8.92. The van der Waals surface area contributed by atoms with Crippen LogP contribution in [0.5, 0.6) is 0 Å². The van der Waals surface area contributed by atoms with Gasteiger partial charge in [-0.1, -0.05) is 127 Å². The SMILES string of the molecule is CCCCCCCCN(CCCCCCCC)C[C@@H]1C[C@H](c2ccc(CO)cc2)O[C@H](c2ccc(CNC(=O)[C@@H]3CCCN3C(=O)C(F)(F)F)cc2)O1. The molecule has 2 N–H and O–H groups in total. The van der Waals surface area contributed by atoms with Gasteiger partial charge in [-0.3, -0.25) is 9.59 Å². The molecular weight excluding hydrogens is 683 g/mol. The summed E-state index contributed by atoms with van der Waals surface area (Å²) < 4.78 is 52.4. The smallest absolute Gasteiger partial charge is 0.392 e. The van der Waals surface area contributed by atoms with Crippen LogP contribution in [0.4, 0.5) is 13.2 Å². The largest absolute Gasteiger partial charge is 0.471 e. The van der Waals surface area contributed by atoms with Crippen molar-refractivity contribution >= 4 is 11.8 Å². The zero-order valence-corrected chi connectivity index (χ0v) is 31.9. The molecule has 2 amide bonds. The summed E-state index contributed by atoms with van der Waals surface area (Å²) in [5.41, 5.74) is 3.47. The molecule has 2 aliphatic heterocycles. The maximum Gasteiger partial charge on any atom is 0.471 e. The van der Waals surface area contributed by atoms with Gasteiger partial charge in [-0.15, -0.1) is 0 Å². The summed E-state index contributed by atoms with van der Waals surface area (Å²) in [7, 11) is 0. The van der Waals surface area contributed by atoms with Crippen LogP contribution in [0.15, 0.2) is 48.5 Å². The molecule has 2 aromatic carbocycles. The van der Waals surface area contributed by atoms with Crippen LogP contribution in [0.2, 0.25) is 0 Å². The Kier molecular flexibility index (Phi) is 18.1. The topological polar surface area (TPSA) is 91.3 Å². The minimum Gasteiger partial charge on any atom is -0.392 e. The van der Waals surface area contributed by atoms with E-state index in [0.717, 1.165) is 41.9 Å². The molecule has 4 rings (SSSR count). The van der Waals surface area contributed by atoms with Crippen molar-refractivity contribution in [2.24, 2.45) is 0 Å². The molecule has 8 nitrogen and oxygen atoms in total. The molecule has 0 aliphatic carbocycles. The zero-order valence-electron chi connectivity index (χ0n) is 31.9. The Morgan fingerprint density at radius 3 is 1.96 bits per heavy atom. The first-order chi connectivity index (χ1) is 25.6. The number of nitrogens with one attached hydrogen (secondary N) is 1. The van der Waals surface area contributed by atoms with Crippen LogP contribution < -0.4 is 5.32 Å². The van der Waals surface area contributed by atoms with Gasteiger partial charge in [-0.05, 0) is 55.5 Å². The fraction of sp³-hybridized carbons (Fsp3) is 0.667. The van der Waals surface area contributed by atoms with Crippen molar-refractivity contribution in [3.05, 3.63) is 70.8 Å². The first kappa shape index (κ1) is 42.7. The second kappa shape index (κ2) is 22.4. The first-order valence-electron chi connectivity index (χ1n) is 20.1. The summed E-state index contributed by atoms with van der Waals surface area (Å²) in [5, 5.41) is 12.3. The van der Waals surface area contributed by atoms with E-state index in [4.69, 9.17) is 9.47 Å². The maximum atomic E-state index is 13.1.